The van der Waals surface area contributed by atoms with Gasteiger partial charge in [-0.15, -0.1) is 0 Å². The van der Waals surface area contributed by atoms with Crippen molar-refractivity contribution >= 4 is 12.0 Å². The van der Waals surface area contributed by atoms with E-state index in [4.69, 9.17) is 0 Å². The first-order valence-corrected chi connectivity index (χ1v) is 8.10. The number of fused-ring (bicyclic) bond motifs is 3. The van der Waals surface area contributed by atoms with Gasteiger partial charge in [0.1, 0.15) is 5.54 Å². The number of carbonyl (C=O) groups is 2. The maximum absolute atomic E-state index is 12.6. The number of rotatable bonds is 3. The van der Waals surface area contributed by atoms with Crippen LogP contribution in [0.5, 0.6) is 0 Å². The first-order chi connectivity index (χ1) is 10.1. The zero-order valence-corrected chi connectivity index (χ0v) is 12.7. The zero-order valence-electron chi connectivity index (χ0n) is 12.7. The average Bonchev–Trinajstić information content (AvgIpc) is 2.94. The molecule has 0 spiro atoms. The highest BCUT2D eigenvalue weighted by Gasteiger charge is 2.49. The summed E-state index contributed by atoms with van der Waals surface area (Å²) in [4.78, 5) is 28.2. The number of nitrogens with one attached hydrogen (secondary N) is 1. The van der Waals surface area contributed by atoms with Crippen LogP contribution in [0.1, 0.15) is 39.0 Å². The fourth-order valence-electron chi connectivity index (χ4n) is 4.28. The van der Waals surface area contributed by atoms with Crippen molar-refractivity contribution in [3.05, 3.63) is 0 Å². The van der Waals surface area contributed by atoms with Gasteiger partial charge in [-0.2, -0.15) is 0 Å². The van der Waals surface area contributed by atoms with Crippen LogP contribution in [0.15, 0.2) is 0 Å². The molecule has 4 heterocycles. The van der Waals surface area contributed by atoms with Crippen LogP contribution >= 0.6 is 0 Å². The van der Waals surface area contributed by atoms with Crippen molar-refractivity contribution in [3.8, 4) is 0 Å². The number of hydrogen-bond acceptors (Lipinski definition) is 3. The summed E-state index contributed by atoms with van der Waals surface area (Å²) in [6.07, 6.45) is 4.09. The Hall–Kier alpha value is -1.30. The Morgan fingerprint density at radius 1 is 1.29 bits per heavy atom. The van der Waals surface area contributed by atoms with Crippen LogP contribution in [0, 0.1) is 5.92 Å². The minimum absolute atomic E-state index is 0.184. The molecule has 4 aliphatic rings. The number of carbonyl (C=O) groups excluding carboxylic acids is 1. The second-order valence-corrected chi connectivity index (χ2v) is 6.64. The van der Waals surface area contributed by atoms with E-state index in [-0.39, 0.29) is 12.1 Å². The highest BCUT2D eigenvalue weighted by Crippen LogP contribution is 2.33. The van der Waals surface area contributed by atoms with E-state index < -0.39 is 11.5 Å². The number of urea groups is 1. The number of aliphatic carboxylic acids is 1. The summed E-state index contributed by atoms with van der Waals surface area (Å²) >= 11 is 0. The summed E-state index contributed by atoms with van der Waals surface area (Å²) in [5, 5.41) is 12.7. The molecule has 2 bridgehead atoms. The van der Waals surface area contributed by atoms with Crippen LogP contribution in [-0.4, -0.2) is 64.7 Å². The lowest BCUT2D eigenvalue weighted by molar-refractivity contribution is -0.148. The Morgan fingerprint density at radius 2 is 2.00 bits per heavy atom. The van der Waals surface area contributed by atoms with E-state index >= 15 is 0 Å². The Kier molecular flexibility index (Phi) is 3.82. The Morgan fingerprint density at radius 3 is 2.52 bits per heavy atom. The van der Waals surface area contributed by atoms with Crippen molar-refractivity contribution in [3.63, 3.8) is 0 Å². The van der Waals surface area contributed by atoms with Crippen LogP contribution in [-0.2, 0) is 4.79 Å². The summed E-state index contributed by atoms with van der Waals surface area (Å²) in [6, 6.07) is -0.000508. The number of carboxylic acid groups (broad SMARTS) is 1. The molecular formula is C15H25N3O3. The highest BCUT2D eigenvalue weighted by atomic mass is 16.4. The van der Waals surface area contributed by atoms with E-state index in [9.17, 15) is 14.7 Å². The lowest BCUT2D eigenvalue weighted by Crippen LogP contribution is -2.62. The van der Waals surface area contributed by atoms with Crippen molar-refractivity contribution in [1.82, 2.24) is 15.1 Å². The molecule has 4 saturated heterocycles. The van der Waals surface area contributed by atoms with E-state index in [1.165, 1.54) is 0 Å². The van der Waals surface area contributed by atoms with Crippen LogP contribution < -0.4 is 5.32 Å². The molecule has 0 aromatic rings. The van der Waals surface area contributed by atoms with E-state index in [1.54, 1.807) is 4.90 Å². The van der Waals surface area contributed by atoms with Gasteiger partial charge in [-0.3, -0.25) is 0 Å². The van der Waals surface area contributed by atoms with Gasteiger partial charge in [0.25, 0.3) is 0 Å². The molecule has 0 aromatic carbocycles. The summed E-state index contributed by atoms with van der Waals surface area (Å²) < 4.78 is 0. The number of piperidine rings is 3. The smallest absolute Gasteiger partial charge is 0.329 e. The van der Waals surface area contributed by atoms with Crippen molar-refractivity contribution in [2.45, 2.75) is 50.6 Å². The van der Waals surface area contributed by atoms with Gasteiger partial charge >= 0.3 is 12.0 Å². The summed E-state index contributed by atoms with van der Waals surface area (Å²) in [5.74, 6) is -0.311. The molecule has 6 nitrogen and oxygen atoms in total. The first kappa shape index (κ1) is 14.6. The second kappa shape index (κ2) is 5.48. The number of carboxylic acids is 1. The second-order valence-electron chi connectivity index (χ2n) is 6.64. The van der Waals surface area contributed by atoms with Gasteiger partial charge < -0.3 is 20.2 Å². The van der Waals surface area contributed by atoms with Crippen LogP contribution in [0.3, 0.4) is 0 Å². The van der Waals surface area contributed by atoms with Crippen LogP contribution in [0.2, 0.25) is 0 Å². The van der Waals surface area contributed by atoms with E-state index in [0.29, 0.717) is 25.3 Å². The van der Waals surface area contributed by atoms with Crippen molar-refractivity contribution in [1.29, 1.82) is 0 Å². The zero-order chi connectivity index (χ0) is 15.0. The molecule has 2 unspecified atom stereocenters. The van der Waals surface area contributed by atoms with Gasteiger partial charge in [-0.25, -0.2) is 9.59 Å². The summed E-state index contributed by atoms with van der Waals surface area (Å²) in [7, 11) is 0. The van der Waals surface area contributed by atoms with E-state index in [0.717, 1.165) is 38.9 Å². The van der Waals surface area contributed by atoms with Crippen LogP contribution in [0.4, 0.5) is 4.79 Å². The lowest BCUT2D eigenvalue weighted by atomic mass is 9.84. The SMILES string of the molecule is CCC1(C(=O)O)CCCN1C(=O)NC1CN2CCC1CC2. The van der Waals surface area contributed by atoms with Gasteiger partial charge in [0.05, 0.1) is 0 Å². The third kappa shape index (κ3) is 2.39. The topological polar surface area (TPSA) is 72.9 Å². The Bertz CT molecular complexity index is 434. The molecule has 4 fully saturated rings. The lowest BCUT2D eigenvalue weighted by Gasteiger charge is -2.46. The predicted molar refractivity (Wildman–Crippen MR) is 78.1 cm³/mol. The minimum atomic E-state index is -1.00. The Labute approximate surface area is 125 Å². The molecule has 2 atom stereocenters. The quantitative estimate of drug-likeness (QED) is 0.818. The van der Waals surface area contributed by atoms with Crippen molar-refractivity contribution < 1.29 is 14.7 Å². The van der Waals surface area contributed by atoms with E-state index in [2.05, 4.69) is 10.2 Å². The third-order valence-corrected chi connectivity index (χ3v) is 5.68. The summed E-state index contributed by atoms with van der Waals surface area (Å²) in [6.45, 7) is 5.58. The first-order valence-electron chi connectivity index (χ1n) is 8.10. The molecule has 0 saturated carbocycles. The number of amides is 2. The van der Waals surface area contributed by atoms with Crippen molar-refractivity contribution in [2.75, 3.05) is 26.2 Å². The molecule has 6 heteroatoms. The average molecular weight is 295 g/mol. The van der Waals surface area contributed by atoms with Crippen molar-refractivity contribution in [2.24, 2.45) is 5.92 Å². The molecule has 0 aliphatic carbocycles. The van der Waals surface area contributed by atoms with E-state index in [1.807, 2.05) is 6.92 Å². The van der Waals surface area contributed by atoms with Gasteiger partial charge in [0.15, 0.2) is 0 Å². The molecule has 118 valence electrons. The molecule has 4 rings (SSSR count). The fourth-order valence-corrected chi connectivity index (χ4v) is 4.28. The van der Waals surface area contributed by atoms with Gasteiger partial charge in [0.2, 0.25) is 0 Å². The number of nitrogens with zero attached hydrogens (tertiary/aromatic N) is 2. The van der Waals surface area contributed by atoms with Gasteiger partial charge in [-0.05, 0) is 51.1 Å². The standard InChI is InChI=1S/C15H25N3O3/c1-2-15(13(19)20)6-3-7-18(15)14(21)16-12-10-17-8-4-11(12)5-9-17/h11-12H,2-10H2,1H3,(H,16,21)(H,19,20). The molecular weight excluding hydrogens is 270 g/mol. The van der Waals surface area contributed by atoms with Gasteiger partial charge in [-0.1, -0.05) is 6.92 Å². The summed E-state index contributed by atoms with van der Waals surface area (Å²) in [5.41, 5.74) is -1.00. The maximum atomic E-state index is 12.6. The molecule has 2 amide bonds. The normalized spacial score (nSPS) is 38.5. The Balaban J connectivity index is 1.69. The molecule has 21 heavy (non-hydrogen) atoms. The minimum Gasteiger partial charge on any atom is -0.479 e. The molecule has 0 radical (unpaired) electrons. The maximum Gasteiger partial charge on any atom is 0.329 e. The van der Waals surface area contributed by atoms with Gasteiger partial charge in [0, 0.05) is 19.1 Å². The molecule has 4 aliphatic heterocycles. The number of likely N-dealkylation sites (tertiary alicyclic amines) is 1. The number of hydrogen-bond donors (Lipinski definition) is 2. The predicted octanol–water partition coefficient (Wildman–Crippen LogP) is 1.12. The van der Waals surface area contributed by atoms with Crippen LogP contribution in [0.25, 0.3) is 0 Å². The third-order valence-electron chi connectivity index (χ3n) is 5.68. The largest absolute Gasteiger partial charge is 0.479 e. The molecule has 0 aromatic heterocycles. The monoisotopic (exact) mass is 295 g/mol. The molecule has 2 N–H and O–H groups in total. The highest BCUT2D eigenvalue weighted by molar-refractivity contribution is 5.87. The fraction of sp³-hybridized carbons (Fsp3) is 0.867.